The van der Waals surface area contributed by atoms with E-state index in [2.05, 4.69) is 25.0 Å². The summed E-state index contributed by atoms with van der Waals surface area (Å²) in [7, 11) is 0. The van der Waals surface area contributed by atoms with Gasteiger partial charge in [-0.1, -0.05) is 0 Å². The highest BCUT2D eigenvalue weighted by molar-refractivity contribution is 5.75. The van der Waals surface area contributed by atoms with E-state index >= 15 is 0 Å². The van der Waals surface area contributed by atoms with Crippen LogP contribution in [0.15, 0.2) is 43.1 Å². The zero-order valence-electron chi connectivity index (χ0n) is 14.5. The maximum absolute atomic E-state index is 12.0. The lowest BCUT2D eigenvalue weighted by Gasteiger charge is -2.11. The van der Waals surface area contributed by atoms with E-state index in [1.165, 1.54) is 0 Å². The lowest BCUT2D eigenvalue weighted by Crippen LogP contribution is -2.28. The van der Waals surface area contributed by atoms with E-state index in [1.807, 2.05) is 38.4 Å². The van der Waals surface area contributed by atoms with Crippen molar-refractivity contribution in [3.8, 4) is 11.4 Å². The highest BCUT2D eigenvalue weighted by atomic mass is 16.1. The number of amides is 1. The summed E-state index contributed by atoms with van der Waals surface area (Å²) in [5.41, 5.74) is 3.12. The average molecular weight is 338 g/mol. The van der Waals surface area contributed by atoms with Crippen LogP contribution in [0.1, 0.15) is 17.7 Å². The minimum absolute atomic E-state index is 0.0221. The first-order chi connectivity index (χ1) is 12.1. The number of hydrogen-bond acceptors (Lipinski definition) is 4. The maximum atomic E-state index is 12.0. The van der Waals surface area contributed by atoms with Gasteiger partial charge in [-0.15, -0.1) is 0 Å². The van der Waals surface area contributed by atoms with Crippen LogP contribution >= 0.6 is 0 Å². The van der Waals surface area contributed by atoms with Gasteiger partial charge in [0, 0.05) is 62.1 Å². The number of imidazole rings is 1. The normalized spacial score (nSPS) is 10.8. The predicted molar refractivity (Wildman–Crippen MR) is 94.8 cm³/mol. The van der Waals surface area contributed by atoms with Gasteiger partial charge in [0.2, 0.25) is 5.91 Å². The van der Waals surface area contributed by atoms with Gasteiger partial charge >= 0.3 is 0 Å². The van der Waals surface area contributed by atoms with Crippen molar-refractivity contribution in [1.29, 1.82) is 0 Å². The molecule has 3 heterocycles. The maximum Gasteiger partial charge on any atom is 0.221 e. The fraction of sp³-hybridized carbons (Fsp3) is 0.333. The molecule has 0 atom stereocenters. The summed E-state index contributed by atoms with van der Waals surface area (Å²) >= 11 is 0. The SMILES string of the molecule is Cc1cnn(CCC(=O)NCCn2c(C)cnc2-c2cccnc2)c1. The molecule has 0 aromatic carbocycles. The van der Waals surface area contributed by atoms with Crippen molar-refractivity contribution in [2.24, 2.45) is 0 Å². The molecule has 3 rings (SSSR count). The Morgan fingerprint density at radius 2 is 2.08 bits per heavy atom. The fourth-order valence-corrected chi connectivity index (χ4v) is 2.67. The minimum atomic E-state index is 0.0221. The molecule has 0 unspecified atom stereocenters. The van der Waals surface area contributed by atoms with Crippen molar-refractivity contribution >= 4 is 5.91 Å². The summed E-state index contributed by atoms with van der Waals surface area (Å²) in [6, 6.07) is 3.87. The summed E-state index contributed by atoms with van der Waals surface area (Å²) < 4.78 is 3.88. The molecule has 7 heteroatoms. The number of pyridine rings is 1. The Hall–Kier alpha value is -2.96. The van der Waals surface area contributed by atoms with Crippen molar-refractivity contribution in [3.05, 3.63) is 54.4 Å². The number of aromatic nitrogens is 5. The second-order valence-corrected chi connectivity index (χ2v) is 6.00. The molecule has 1 N–H and O–H groups in total. The molecular weight excluding hydrogens is 316 g/mol. The molecule has 130 valence electrons. The van der Waals surface area contributed by atoms with E-state index in [9.17, 15) is 4.79 Å². The van der Waals surface area contributed by atoms with Gasteiger partial charge in [-0.25, -0.2) is 4.98 Å². The van der Waals surface area contributed by atoms with Crippen molar-refractivity contribution in [2.75, 3.05) is 6.54 Å². The monoisotopic (exact) mass is 338 g/mol. The molecule has 0 saturated heterocycles. The molecule has 0 aliphatic rings. The Bertz CT molecular complexity index is 836. The fourth-order valence-electron chi connectivity index (χ4n) is 2.67. The second-order valence-electron chi connectivity index (χ2n) is 6.00. The largest absolute Gasteiger partial charge is 0.354 e. The molecule has 0 aliphatic heterocycles. The third-order valence-electron chi connectivity index (χ3n) is 3.96. The summed E-state index contributed by atoms with van der Waals surface area (Å²) in [5.74, 6) is 0.890. The van der Waals surface area contributed by atoms with E-state index < -0.39 is 0 Å². The van der Waals surface area contributed by atoms with Crippen LogP contribution in [0.25, 0.3) is 11.4 Å². The van der Waals surface area contributed by atoms with Crippen LogP contribution in [0.3, 0.4) is 0 Å². The van der Waals surface area contributed by atoms with E-state index in [4.69, 9.17) is 0 Å². The molecule has 0 radical (unpaired) electrons. The van der Waals surface area contributed by atoms with Crippen LogP contribution in [-0.4, -0.2) is 36.8 Å². The van der Waals surface area contributed by atoms with Gasteiger partial charge in [-0.3, -0.25) is 14.5 Å². The van der Waals surface area contributed by atoms with Gasteiger partial charge in [-0.05, 0) is 31.5 Å². The molecule has 0 bridgehead atoms. The Kier molecular flexibility index (Phi) is 5.23. The molecule has 25 heavy (non-hydrogen) atoms. The van der Waals surface area contributed by atoms with E-state index in [-0.39, 0.29) is 5.91 Å². The van der Waals surface area contributed by atoms with Gasteiger partial charge in [0.1, 0.15) is 5.82 Å². The topological polar surface area (TPSA) is 77.6 Å². The number of hydrogen-bond donors (Lipinski definition) is 1. The summed E-state index contributed by atoms with van der Waals surface area (Å²) in [6.07, 6.45) is 9.51. The summed E-state index contributed by atoms with van der Waals surface area (Å²) in [6.45, 7) is 5.81. The molecule has 0 fully saturated rings. The number of nitrogens with one attached hydrogen (secondary N) is 1. The third-order valence-corrected chi connectivity index (χ3v) is 3.96. The highest BCUT2D eigenvalue weighted by Crippen LogP contribution is 2.17. The average Bonchev–Trinajstić information content (AvgIpc) is 3.20. The van der Waals surface area contributed by atoms with Crippen LogP contribution in [0, 0.1) is 13.8 Å². The van der Waals surface area contributed by atoms with Crippen LogP contribution in [-0.2, 0) is 17.9 Å². The smallest absolute Gasteiger partial charge is 0.221 e. The van der Waals surface area contributed by atoms with Gasteiger partial charge in [0.05, 0.1) is 6.20 Å². The quantitative estimate of drug-likeness (QED) is 0.714. The molecular formula is C18H22N6O. The van der Waals surface area contributed by atoms with Crippen molar-refractivity contribution in [2.45, 2.75) is 33.4 Å². The zero-order valence-corrected chi connectivity index (χ0v) is 14.5. The van der Waals surface area contributed by atoms with Crippen molar-refractivity contribution < 1.29 is 4.79 Å². The third kappa shape index (κ3) is 4.32. The Morgan fingerprint density at radius 3 is 2.80 bits per heavy atom. The first-order valence-electron chi connectivity index (χ1n) is 8.32. The van der Waals surface area contributed by atoms with Crippen LogP contribution in [0.4, 0.5) is 0 Å². The zero-order chi connectivity index (χ0) is 17.6. The lowest BCUT2D eigenvalue weighted by molar-refractivity contribution is -0.121. The number of aryl methyl sites for hydroxylation is 3. The standard InChI is InChI=1S/C18H22N6O/c1-14-10-22-23(13-14)8-5-17(25)20-7-9-24-15(2)11-21-18(24)16-4-3-6-19-12-16/h3-4,6,10-13H,5,7-9H2,1-2H3,(H,20,25). The first-order valence-corrected chi connectivity index (χ1v) is 8.32. The molecule has 1 amide bonds. The first kappa shape index (κ1) is 16.9. The number of carbonyl (C=O) groups is 1. The van der Waals surface area contributed by atoms with E-state index in [0.717, 1.165) is 22.6 Å². The Labute approximate surface area is 146 Å². The Balaban J connectivity index is 1.52. The summed E-state index contributed by atoms with van der Waals surface area (Å²) in [5, 5.41) is 7.14. The second kappa shape index (κ2) is 7.74. The van der Waals surface area contributed by atoms with Gasteiger partial charge in [-0.2, -0.15) is 5.10 Å². The molecule has 7 nitrogen and oxygen atoms in total. The van der Waals surface area contributed by atoms with Gasteiger partial charge in [0.15, 0.2) is 0 Å². The molecule has 0 spiro atoms. The van der Waals surface area contributed by atoms with Crippen molar-refractivity contribution in [3.63, 3.8) is 0 Å². The van der Waals surface area contributed by atoms with Crippen molar-refractivity contribution in [1.82, 2.24) is 29.6 Å². The van der Waals surface area contributed by atoms with Gasteiger partial charge < -0.3 is 9.88 Å². The van der Waals surface area contributed by atoms with Gasteiger partial charge in [0.25, 0.3) is 0 Å². The van der Waals surface area contributed by atoms with E-state index in [0.29, 0.717) is 26.1 Å². The number of rotatable bonds is 7. The van der Waals surface area contributed by atoms with Crippen LogP contribution < -0.4 is 5.32 Å². The van der Waals surface area contributed by atoms with Crippen LogP contribution in [0.5, 0.6) is 0 Å². The molecule has 0 saturated carbocycles. The van der Waals surface area contributed by atoms with E-state index in [1.54, 1.807) is 23.3 Å². The number of carbonyl (C=O) groups excluding carboxylic acids is 1. The Morgan fingerprint density at radius 1 is 1.20 bits per heavy atom. The summed E-state index contributed by atoms with van der Waals surface area (Å²) in [4.78, 5) is 20.6. The minimum Gasteiger partial charge on any atom is -0.354 e. The number of nitrogens with zero attached hydrogens (tertiary/aromatic N) is 5. The highest BCUT2D eigenvalue weighted by Gasteiger charge is 2.10. The van der Waals surface area contributed by atoms with Crippen LogP contribution in [0.2, 0.25) is 0 Å². The molecule has 3 aromatic heterocycles. The molecule has 0 aliphatic carbocycles. The molecule has 3 aromatic rings. The predicted octanol–water partition coefficient (Wildman–Crippen LogP) is 1.96. The lowest BCUT2D eigenvalue weighted by atomic mass is 10.2.